The molecule has 4 amide bonds. The van der Waals surface area contributed by atoms with Gasteiger partial charge in [-0.3, -0.25) is 14.4 Å². The quantitative estimate of drug-likeness (QED) is 0.423. The van der Waals surface area contributed by atoms with Crippen LogP contribution in [-0.4, -0.2) is 52.4 Å². The van der Waals surface area contributed by atoms with Gasteiger partial charge in [0.25, 0.3) is 0 Å². The van der Waals surface area contributed by atoms with Crippen molar-refractivity contribution in [3.05, 3.63) is 34.9 Å². The van der Waals surface area contributed by atoms with Gasteiger partial charge >= 0.3 is 6.09 Å². The standard InChI is InChI=1S/C29H44N4O5/c1-18-11-14-22(19(2)17-18)25(26(35)31-20-9-7-6-8-10-20)33(21-12-13-21)27(36)23(15-16-24(30)34)32-28(37)38-29(3,4)5/h11,14,17,20-21,23,25H,6-10,12-13,15-16H2,1-5H3,(H2,30,34)(H,31,35)(H,32,37). The topological polar surface area (TPSA) is 131 Å². The molecule has 0 heterocycles. The number of hydrogen-bond donors (Lipinski definition) is 3. The molecule has 2 aliphatic rings. The van der Waals surface area contributed by atoms with E-state index in [4.69, 9.17) is 10.5 Å². The zero-order valence-electron chi connectivity index (χ0n) is 23.5. The third kappa shape index (κ3) is 8.46. The molecule has 2 saturated carbocycles. The van der Waals surface area contributed by atoms with E-state index in [-0.39, 0.29) is 30.8 Å². The van der Waals surface area contributed by atoms with Crippen LogP contribution in [0.5, 0.6) is 0 Å². The second kappa shape index (κ2) is 12.6. The van der Waals surface area contributed by atoms with Gasteiger partial charge in [-0.1, -0.05) is 43.0 Å². The van der Waals surface area contributed by atoms with E-state index in [1.165, 1.54) is 0 Å². The molecule has 1 aromatic carbocycles. The Bertz CT molecular complexity index is 1020. The predicted molar refractivity (Wildman–Crippen MR) is 145 cm³/mol. The average Bonchev–Trinajstić information content (AvgIpc) is 3.65. The number of ether oxygens (including phenoxy) is 1. The van der Waals surface area contributed by atoms with E-state index < -0.39 is 35.6 Å². The fourth-order valence-electron chi connectivity index (χ4n) is 5.12. The van der Waals surface area contributed by atoms with Crippen LogP contribution in [0.4, 0.5) is 4.79 Å². The summed E-state index contributed by atoms with van der Waals surface area (Å²) in [5.74, 6) is -1.20. The summed E-state index contributed by atoms with van der Waals surface area (Å²) in [6.45, 7) is 9.13. The van der Waals surface area contributed by atoms with E-state index in [1.54, 1.807) is 25.7 Å². The molecule has 0 radical (unpaired) electrons. The maximum Gasteiger partial charge on any atom is 0.408 e. The van der Waals surface area contributed by atoms with Crippen molar-refractivity contribution in [2.24, 2.45) is 5.73 Å². The first-order valence-electron chi connectivity index (χ1n) is 13.8. The van der Waals surface area contributed by atoms with Gasteiger partial charge in [0.15, 0.2) is 0 Å². The lowest BCUT2D eigenvalue weighted by molar-refractivity contribution is -0.143. The lowest BCUT2D eigenvalue weighted by Gasteiger charge is -2.36. The number of primary amides is 1. The van der Waals surface area contributed by atoms with Crippen LogP contribution >= 0.6 is 0 Å². The number of aryl methyl sites for hydroxylation is 2. The molecule has 3 rings (SSSR count). The van der Waals surface area contributed by atoms with E-state index in [1.807, 2.05) is 32.0 Å². The molecule has 4 N–H and O–H groups in total. The van der Waals surface area contributed by atoms with E-state index in [0.29, 0.717) is 0 Å². The van der Waals surface area contributed by atoms with Gasteiger partial charge in [0.2, 0.25) is 17.7 Å². The van der Waals surface area contributed by atoms with Gasteiger partial charge in [0, 0.05) is 18.5 Å². The monoisotopic (exact) mass is 528 g/mol. The SMILES string of the molecule is Cc1ccc(C(C(=O)NC2CCCCC2)N(C(=O)C(CCC(N)=O)NC(=O)OC(C)(C)C)C2CC2)c(C)c1. The van der Waals surface area contributed by atoms with E-state index in [0.717, 1.165) is 61.6 Å². The largest absolute Gasteiger partial charge is 0.444 e. The Balaban J connectivity index is 1.96. The number of amides is 4. The second-order valence-electron chi connectivity index (χ2n) is 11.8. The van der Waals surface area contributed by atoms with Crippen LogP contribution in [0.2, 0.25) is 0 Å². The summed E-state index contributed by atoms with van der Waals surface area (Å²) in [5.41, 5.74) is 7.36. The molecule has 0 aliphatic heterocycles. The number of benzene rings is 1. The number of carbonyl (C=O) groups is 4. The van der Waals surface area contributed by atoms with Crippen molar-refractivity contribution in [3.8, 4) is 0 Å². The van der Waals surface area contributed by atoms with Gasteiger partial charge in [0.1, 0.15) is 17.7 Å². The maximum absolute atomic E-state index is 14.2. The summed E-state index contributed by atoms with van der Waals surface area (Å²) in [5, 5.41) is 5.87. The first-order chi connectivity index (χ1) is 17.9. The molecule has 210 valence electrons. The van der Waals surface area contributed by atoms with Gasteiger partial charge in [-0.05, 0) is 77.8 Å². The fourth-order valence-corrected chi connectivity index (χ4v) is 5.12. The Kier molecular flexibility index (Phi) is 9.79. The predicted octanol–water partition coefficient (Wildman–Crippen LogP) is 3.94. The average molecular weight is 529 g/mol. The minimum atomic E-state index is -1.06. The van der Waals surface area contributed by atoms with Gasteiger partial charge < -0.3 is 26.0 Å². The van der Waals surface area contributed by atoms with Crippen LogP contribution in [0.25, 0.3) is 0 Å². The maximum atomic E-state index is 14.2. The minimum absolute atomic E-state index is 0.0144. The lowest BCUT2D eigenvalue weighted by atomic mass is 9.93. The normalized spacial score (nSPS) is 17.7. The highest BCUT2D eigenvalue weighted by molar-refractivity contribution is 5.93. The zero-order chi connectivity index (χ0) is 28.0. The highest BCUT2D eigenvalue weighted by Gasteiger charge is 2.44. The highest BCUT2D eigenvalue weighted by atomic mass is 16.6. The third-order valence-corrected chi connectivity index (χ3v) is 7.06. The third-order valence-electron chi connectivity index (χ3n) is 7.06. The van der Waals surface area contributed by atoms with Gasteiger partial charge in [0.05, 0.1) is 0 Å². The zero-order valence-corrected chi connectivity index (χ0v) is 23.5. The summed E-state index contributed by atoms with van der Waals surface area (Å²) < 4.78 is 5.39. The van der Waals surface area contributed by atoms with Crippen molar-refractivity contribution >= 4 is 23.8 Å². The summed E-state index contributed by atoms with van der Waals surface area (Å²) in [6, 6.07) is 3.89. The molecule has 0 aromatic heterocycles. The summed E-state index contributed by atoms with van der Waals surface area (Å²) >= 11 is 0. The second-order valence-corrected chi connectivity index (χ2v) is 11.8. The highest BCUT2D eigenvalue weighted by Crippen LogP contribution is 2.37. The van der Waals surface area contributed by atoms with Crippen LogP contribution < -0.4 is 16.4 Å². The van der Waals surface area contributed by atoms with Crippen molar-refractivity contribution in [1.29, 1.82) is 0 Å². The molecule has 0 saturated heterocycles. The van der Waals surface area contributed by atoms with Crippen LogP contribution in [0.3, 0.4) is 0 Å². The molecular formula is C29H44N4O5. The molecule has 2 fully saturated rings. The van der Waals surface area contributed by atoms with Crippen LogP contribution in [-0.2, 0) is 19.1 Å². The molecule has 1 aromatic rings. The van der Waals surface area contributed by atoms with E-state index in [2.05, 4.69) is 10.6 Å². The van der Waals surface area contributed by atoms with Gasteiger partial charge in [-0.2, -0.15) is 0 Å². The smallest absolute Gasteiger partial charge is 0.408 e. The molecule has 0 bridgehead atoms. The van der Waals surface area contributed by atoms with Crippen LogP contribution in [0.1, 0.15) is 101 Å². The molecule has 2 aliphatic carbocycles. The Morgan fingerprint density at radius 2 is 1.71 bits per heavy atom. The number of nitrogens with zero attached hydrogens (tertiary/aromatic N) is 1. The van der Waals surface area contributed by atoms with Crippen molar-refractivity contribution in [3.63, 3.8) is 0 Å². The van der Waals surface area contributed by atoms with Crippen molar-refractivity contribution < 1.29 is 23.9 Å². The summed E-state index contributed by atoms with van der Waals surface area (Å²) in [4.78, 5) is 54.0. The Morgan fingerprint density at radius 1 is 1.05 bits per heavy atom. The summed E-state index contributed by atoms with van der Waals surface area (Å²) in [6.07, 6.45) is 5.83. The Morgan fingerprint density at radius 3 is 2.26 bits per heavy atom. The molecule has 0 spiro atoms. The van der Waals surface area contributed by atoms with Crippen molar-refractivity contribution in [2.75, 3.05) is 0 Å². The molecular weight excluding hydrogens is 484 g/mol. The summed E-state index contributed by atoms with van der Waals surface area (Å²) in [7, 11) is 0. The number of rotatable bonds is 10. The molecule has 38 heavy (non-hydrogen) atoms. The fraction of sp³-hybridized carbons (Fsp3) is 0.655. The van der Waals surface area contributed by atoms with E-state index in [9.17, 15) is 19.2 Å². The van der Waals surface area contributed by atoms with Gasteiger partial charge in [-0.15, -0.1) is 0 Å². The number of alkyl carbamates (subject to hydrolysis) is 1. The van der Waals surface area contributed by atoms with Crippen molar-refractivity contribution in [1.82, 2.24) is 15.5 Å². The van der Waals surface area contributed by atoms with E-state index >= 15 is 0 Å². The number of carbonyl (C=O) groups excluding carboxylic acids is 4. The number of nitrogens with one attached hydrogen (secondary N) is 2. The Hall–Kier alpha value is -3.10. The first-order valence-corrected chi connectivity index (χ1v) is 13.8. The minimum Gasteiger partial charge on any atom is -0.444 e. The Labute approximate surface area is 226 Å². The molecule has 2 atom stereocenters. The van der Waals surface area contributed by atoms with Gasteiger partial charge in [-0.25, -0.2) is 4.79 Å². The molecule has 2 unspecified atom stereocenters. The van der Waals surface area contributed by atoms with Crippen molar-refractivity contribution in [2.45, 2.75) is 122 Å². The lowest BCUT2D eigenvalue weighted by Crippen LogP contribution is -2.54. The van der Waals surface area contributed by atoms with Crippen LogP contribution in [0, 0.1) is 13.8 Å². The molecule has 9 nitrogen and oxygen atoms in total. The van der Waals surface area contributed by atoms with Crippen LogP contribution in [0.15, 0.2) is 18.2 Å². The molecule has 9 heteroatoms. The number of nitrogens with two attached hydrogens (primary N) is 1. The number of hydrogen-bond acceptors (Lipinski definition) is 5. The first kappa shape index (κ1) is 29.5.